The molecule has 0 aliphatic rings. The molecule has 4 heteroatoms. The Labute approximate surface area is 102 Å². The maximum atomic E-state index is 11.1. The van der Waals surface area contributed by atoms with E-state index in [1.165, 1.54) is 0 Å². The summed E-state index contributed by atoms with van der Waals surface area (Å²) < 4.78 is 10.5. The van der Waals surface area contributed by atoms with E-state index < -0.39 is 0 Å². The highest BCUT2D eigenvalue weighted by Gasteiger charge is 2.18. The fourth-order valence-electron chi connectivity index (χ4n) is 1.79. The van der Waals surface area contributed by atoms with E-state index in [2.05, 4.69) is 0 Å². The molecule has 0 spiro atoms. The molecule has 0 N–H and O–H groups in total. The predicted molar refractivity (Wildman–Crippen MR) is 66.8 cm³/mol. The van der Waals surface area contributed by atoms with E-state index >= 15 is 0 Å². The summed E-state index contributed by atoms with van der Waals surface area (Å²) in [6.07, 6.45) is 0.925. The number of carbonyl (C=O) groups excluding carboxylic acids is 1. The fourth-order valence-corrected chi connectivity index (χ4v) is 1.79. The molecule has 0 aliphatic heterocycles. The zero-order valence-corrected chi connectivity index (χ0v) is 11.0. The van der Waals surface area contributed by atoms with E-state index in [0.29, 0.717) is 11.5 Å². The molecule has 1 atom stereocenters. The van der Waals surface area contributed by atoms with Crippen molar-refractivity contribution in [2.45, 2.75) is 13.0 Å². The highest BCUT2D eigenvalue weighted by molar-refractivity contribution is 5.64. The van der Waals surface area contributed by atoms with Crippen molar-refractivity contribution >= 4 is 6.29 Å². The van der Waals surface area contributed by atoms with Gasteiger partial charge in [0.15, 0.2) is 11.5 Å². The van der Waals surface area contributed by atoms with Crippen molar-refractivity contribution in [1.29, 1.82) is 0 Å². The molecule has 0 fully saturated rings. The van der Waals surface area contributed by atoms with Crippen molar-refractivity contribution in [3.8, 4) is 11.5 Å². The Balaban J connectivity index is 3.29. The Bertz CT molecular complexity index is 402. The Morgan fingerprint density at radius 1 is 1.18 bits per heavy atom. The third kappa shape index (κ3) is 2.77. The molecule has 4 nitrogen and oxygen atoms in total. The van der Waals surface area contributed by atoms with Crippen LogP contribution < -0.4 is 9.47 Å². The number of hydrogen-bond acceptors (Lipinski definition) is 4. The maximum Gasteiger partial charge on any atom is 0.161 e. The molecule has 17 heavy (non-hydrogen) atoms. The van der Waals surface area contributed by atoms with E-state index in [-0.39, 0.29) is 6.04 Å². The van der Waals surface area contributed by atoms with Crippen LogP contribution in [0.25, 0.3) is 0 Å². The smallest absolute Gasteiger partial charge is 0.161 e. The lowest BCUT2D eigenvalue weighted by Gasteiger charge is -2.22. The molecule has 1 unspecified atom stereocenters. The number of aldehydes is 1. The van der Waals surface area contributed by atoms with Crippen LogP contribution in [0.2, 0.25) is 0 Å². The van der Waals surface area contributed by atoms with Gasteiger partial charge in [0.25, 0.3) is 0 Å². The van der Waals surface area contributed by atoms with E-state index in [9.17, 15) is 4.79 Å². The number of rotatable bonds is 5. The molecule has 0 aliphatic carbocycles. The van der Waals surface area contributed by atoms with Crippen molar-refractivity contribution < 1.29 is 14.3 Å². The minimum absolute atomic E-state index is 0.269. The first kappa shape index (κ1) is 13.5. The van der Waals surface area contributed by atoms with E-state index in [1.54, 1.807) is 14.2 Å². The molecule has 1 aromatic carbocycles. The fraction of sp³-hybridized carbons (Fsp3) is 0.462. The van der Waals surface area contributed by atoms with Gasteiger partial charge in [-0.15, -0.1) is 0 Å². The molecule has 0 bridgehead atoms. The first-order chi connectivity index (χ1) is 8.04. The van der Waals surface area contributed by atoms with Crippen molar-refractivity contribution in [1.82, 2.24) is 4.90 Å². The highest BCUT2D eigenvalue weighted by atomic mass is 16.5. The zero-order valence-electron chi connectivity index (χ0n) is 11.0. The molecule has 0 saturated heterocycles. The van der Waals surface area contributed by atoms with Crippen LogP contribution in [0.5, 0.6) is 11.5 Å². The zero-order chi connectivity index (χ0) is 13.0. The van der Waals surface area contributed by atoms with Crippen LogP contribution in [0.1, 0.15) is 17.2 Å². The first-order valence-electron chi connectivity index (χ1n) is 5.39. The predicted octanol–water partition coefficient (Wildman–Crippen LogP) is 1.81. The number of benzene rings is 1. The van der Waals surface area contributed by atoms with Gasteiger partial charge in [0.2, 0.25) is 0 Å². The standard InChI is InChI=1S/C13H19NO3/c1-9-6-12(16-4)13(17-5)7-10(9)11(8-15)14(2)3/h6-8,11H,1-5H3. The van der Waals surface area contributed by atoms with Gasteiger partial charge in [-0.05, 0) is 44.3 Å². The average molecular weight is 237 g/mol. The summed E-state index contributed by atoms with van der Waals surface area (Å²) in [5.74, 6) is 1.32. The van der Waals surface area contributed by atoms with Gasteiger partial charge < -0.3 is 14.3 Å². The van der Waals surface area contributed by atoms with Gasteiger partial charge in [-0.2, -0.15) is 0 Å². The van der Waals surface area contributed by atoms with Gasteiger partial charge in [-0.1, -0.05) is 0 Å². The highest BCUT2D eigenvalue weighted by Crippen LogP contribution is 2.33. The van der Waals surface area contributed by atoms with Crippen LogP contribution in [-0.2, 0) is 4.79 Å². The maximum absolute atomic E-state index is 11.1. The van der Waals surface area contributed by atoms with E-state index in [0.717, 1.165) is 17.4 Å². The number of methoxy groups -OCH3 is 2. The van der Waals surface area contributed by atoms with Crippen molar-refractivity contribution in [2.24, 2.45) is 0 Å². The Kier molecular flexibility index (Phi) is 4.52. The molecule has 0 saturated carbocycles. The molecular formula is C13H19NO3. The van der Waals surface area contributed by atoms with Crippen molar-refractivity contribution in [3.63, 3.8) is 0 Å². The quantitative estimate of drug-likeness (QED) is 0.732. The van der Waals surface area contributed by atoms with Gasteiger partial charge in [0.05, 0.1) is 20.3 Å². The second kappa shape index (κ2) is 5.68. The topological polar surface area (TPSA) is 38.8 Å². The van der Waals surface area contributed by atoms with E-state index in [1.807, 2.05) is 38.1 Å². The normalized spacial score (nSPS) is 12.4. The number of nitrogens with zero attached hydrogens (tertiary/aromatic N) is 1. The van der Waals surface area contributed by atoms with Crippen LogP contribution >= 0.6 is 0 Å². The van der Waals surface area contributed by atoms with Crippen LogP contribution in [0.4, 0.5) is 0 Å². The second-order valence-electron chi connectivity index (χ2n) is 4.11. The molecule has 0 radical (unpaired) electrons. The summed E-state index contributed by atoms with van der Waals surface area (Å²) >= 11 is 0. The molecule has 0 aromatic heterocycles. The molecule has 0 heterocycles. The Morgan fingerprint density at radius 2 is 1.71 bits per heavy atom. The van der Waals surface area contributed by atoms with Gasteiger partial charge in [-0.3, -0.25) is 4.90 Å². The number of carbonyl (C=O) groups is 1. The lowest BCUT2D eigenvalue weighted by Crippen LogP contribution is -2.22. The van der Waals surface area contributed by atoms with Crippen LogP contribution in [0, 0.1) is 6.92 Å². The molecule has 1 aromatic rings. The molecule has 0 amide bonds. The number of likely N-dealkylation sites (N-methyl/N-ethyl adjacent to an activating group) is 1. The second-order valence-corrected chi connectivity index (χ2v) is 4.11. The largest absolute Gasteiger partial charge is 0.493 e. The van der Waals surface area contributed by atoms with Gasteiger partial charge in [0, 0.05) is 0 Å². The van der Waals surface area contributed by atoms with Gasteiger partial charge in [0.1, 0.15) is 6.29 Å². The number of aryl methyl sites for hydroxylation is 1. The molecule has 1 rings (SSSR count). The number of ether oxygens (including phenoxy) is 2. The van der Waals surface area contributed by atoms with Crippen LogP contribution in [0.3, 0.4) is 0 Å². The SMILES string of the molecule is COc1cc(C)c(C(C=O)N(C)C)cc1OC. The van der Waals surface area contributed by atoms with Gasteiger partial charge in [-0.25, -0.2) is 0 Å². The minimum Gasteiger partial charge on any atom is -0.493 e. The molecular weight excluding hydrogens is 218 g/mol. The first-order valence-corrected chi connectivity index (χ1v) is 5.39. The van der Waals surface area contributed by atoms with E-state index in [4.69, 9.17) is 9.47 Å². The summed E-state index contributed by atoms with van der Waals surface area (Å²) in [6.45, 7) is 1.96. The van der Waals surface area contributed by atoms with Gasteiger partial charge >= 0.3 is 0 Å². The van der Waals surface area contributed by atoms with Crippen molar-refractivity contribution in [2.75, 3.05) is 28.3 Å². The summed E-state index contributed by atoms with van der Waals surface area (Å²) in [7, 11) is 6.92. The third-order valence-electron chi connectivity index (χ3n) is 2.78. The lowest BCUT2D eigenvalue weighted by atomic mass is 10.0. The molecule has 94 valence electrons. The minimum atomic E-state index is -0.269. The third-order valence-corrected chi connectivity index (χ3v) is 2.78. The summed E-state index contributed by atoms with van der Waals surface area (Å²) in [5, 5.41) is 0. The Hall–Kier alpha value is -1.55. The van der Waals surface area contributed by atoms with Crippen LogP contribution in [0.15, 0.2) is 12.1 Å². The monoisotopic (exact) mass is 237 g/mol. The summed E-state index contributed by atoms with van der Waals surface area (Å²) in [5.41, 5.74) is 1.94. The summed E-state index contributed by atoms with van der Waals surface area (Å²) in [4.78, 5) is 13.0. The van der Waals surface area contributed by atoms with Crippen LogP contribution in [-0.4, -0.2) is 39.5 Å². The summed E-state index contributed by atoms with van der Waals surface area (Å²) in [6, 6.07) is 3.47. The number of hydrogen-bond donors (Lipinski definition) is 0. The average Bonchev–Trinajstić information content (AvgIpc) is 2.31. The van der Waals surface area contributed by atoms with Crippen molar-refractivity contribution in [3.05, 3.63) is 23.3 Å². The lowest BCUT2D eigenvalue weighted by molar-refractivity contribution is -0.111. The Morgan fingerprint density at radius 3 is 2.12 bits per heavy atom.